The van der Waals surface area contributed by atoms with Crippen LogP contribution in [0.3, 0.4) is 0 Å². The molecule has 14 heteroatoms. The number of hydrogen-bond acceptors (Lipinski definition) is 9. The third-order valence-electron chi connectivity index (χ3n) is 4.85. The molecule has 0 bridgehead atoms. The molecule has 0 aliphatic rings. The highest BCUT2D eigenvalue weighted by molar-refractivity contribution is 7.10. The Bertz CT molecular complexity index is 1380. The highest BCUT2D eigenvalue weighted by Gasteiger charge is 2.34. The molecule has 186 valence electrons. The van der Waals surface area contributed by atoms with E-state index in [1.165, 1.54) is 18.5 Å². The molecule has 0 radical (unpaired) electrons. The lowest BCUT2D eigenvalue weighted by molar-refractivity contribution is -0.139. The largest absolute Gasteiger partial charge is 0.419 e. The topological polar surface area (TPSA) is 105 Å². The summed E-state index contributed by atoms with van der Waals surface area (Å²) in [6, 6.07) is 10.6. The third-order valence-corrected chi connectivity index (χ3v) is 5.48. The number of anilines is 4. The maximum Gasteiger partial charge on any atom is 0.419 e. The molecule has 0 atom stereocenters. The van der Waals surface area contributed by atoms with Gasteiger partial charge in [-0.15, -0.1) is 0 Å². The van der Waals surface area contributed by atoms with Crippen LogP contribution in [0.15, 0.2) is 54.9 Å². The normalized spacial score (nSPS) is 11.3. The van der Waals surface area contributed by atoms with Crippen molar-refractivity contribution in [1.82, 2.24) is 19.3 Å². The summed E-state index contributed by atoms with van der Waals surface area (Å²) >= 11 is 0.787. The van der Waals surface area contributed by atoms with E-state index in [0.717, 1.165) is 17.6 Å². The van der Waals surface area contributed by atoms with E-state index in [0.29, 0.717) is 35.0 Å². The first-order valence-corrected chi connectivity index (χ1v) is 10.9. The van der Waals surface area contributed by atoms with Gasteiger partial charge in [0.25, 0.3) is 5.91 Å². The standard InChI is InChI=1S/C22H17F4N7O2S/c1-33(35-2)18-10-17(27-11-28-18)29-14-6-3-12(4-7-14)20(34)31-21-30-19(32-36-21)13-5-8-16(23)15(9-13)22(24,25)26/h3-11H,1-2H3,(H,27,28,29)(H,30,31,32,34). The molecule has 0 aliphatic carbocycles. The lowest BCUT2D eigenvalue weighted by Gasteiger charge is -2.15. The second kappa shape index (κ2) is 10.2. The molecule has 0 unspecified atom stereocenters. The number of amides is 1. The number of carbonyl (C=O) groups is 1. The first-order valence-electron chi connectivity index (χ1n) is 10.1. The minimum atomic E-state index is -4.86. The molecule has 0 spiro atoms. The molecule has 2 aromatic carbocycles. The number of benzene rings is 2. The van der Waals surface area contributed by atoms with Crippen LogP contribution in [-0.4, -0.2) is 39.4 Å². The maximum absolute atomic E-state index is 13.5. The lowest BCUT2D eigenvalue weighted by atomic mass is 10.1. The van der Waals surface area contributed by atoms with E-state index in [9.17, 15) is 22.4 Å². The molecule has 0 fully saturated rings. The molecule has 2 aromatic heterocycles. The summed E-state index contributed by atoms with van der Waals surface area (Å²) in [6.07, 6.45) is -3.48. The van der Waals surface area contributed by atoms with Crippen LogP contribution in [-0.2, 0) is 11.0 Å². The third kappa shape index (κ3) is 5.72. The number of aromatic nitrogens is 4. The van der Waals surface area contributed by atoms with Crippen molar-refractivity contribution in [1.29, 1.82) is 0 Å². The first kappa shape index (κ1) is 24.9. The molecule has 0 saturated heterocycles. The van der Waals surface area contributed by atoms with Crippen LogP contribution in [0.2, 0.25) is 0 Å². The number of nitrogens with zero attached hydrogens (tertiary/aromatic N) is 5. The number of halogens is 4. The van der Waals surface area contributed by atoms with Crippen molar-refractivity contribution in [3.63, 3.8) is 0 Å². The number of nitrogens with one attached hydrogen (secondary N) is 2. The molecule has 2 N–H and O–H groups in total. The number of hydroxylamine groups is 1. The maximum atomic E-state index is 13.5. The zero-order valence-corrected chi connectivity index (χ0v) is 19.5. The average molecular weight is 519 g/mol. The molecule has 4 aromatic rings. The molecule has 4 rings (SSSR count). The van der Waals surface area contributed by atoms with Crippen molar-refractivity contribution in [2.24, 2.45) is 0 Å². The van der Waals surface area contributed by atoms with Crippen LogP contribution < -0.4 is 15.7 Å². The summed E-state index contributed by atoms with van der Waals surface area (Å²) in [4.78, 5) is 29.9. The van der Waals surface area contributed by atoms with Crippen LogP contribution in [0.25, 0.3) is 11.4 Å². The Hall–Kier alpha value is -4.17. The van der Waals surface area contributed by atoms with Gasteiger partial charge in [-0.05, 0) is 42.5 Å². The Balaban J connectivity index is 1.43. The zero-order valence-electron chi connectivity index (χ0n) is 18.7. The van der Waals surface area contributed by atoms with E-state index < -0.39 is 23.5 Å². The van der Waals surface area contributed by atoms with Crippen LogP contribution in [0.5, 0.6) is 0 Å². The van der Waals surface area contributed by atoms with E-state index in [1.807, 2.05) is 0 Å². The van der Waals surface area contributed by atoms with Gasteiger partial charge in [0.2, 0.25) is 5.13 Å². The number of alkyl halides is 3. The summed E-state index contributed by atoms with van der Waals surface area (Å²) < 4.78 is 56.4. The molecule has 1 amide bonds. The molecular weight excluding hydrogens is 502 g/mol. The van der Waals surface area contributed by atoms with Gasteiger partial charge in [0.1, 0.15) is 18.0 Å². The van der Waals surface area contributed by atoms with Gasteiger partial charge < -0.3 is 5.32 Å². The number of carbonyl (C=O) groups excluding carboxylic acids is 1. The SMILES string of the molecule is CON(C)c1cc(Nc2ccc(C(=O)Nc3nc(-c4ccc(F)c(C(F)(F)F)c4)ns3)cc2)ncn1. The predicted octanol–water partition coefficient (Wildman–Crippen LogP) is 5.15. The summed E-state index contributed by atoms with van der Waals surface area (Å²) in [6.45, 7) is 0. The van der Waals surface area contributed by atoms with Crippen LogP contribution in [0, 0.1) is 5.82 Å². The molecule has 0 aliphatic heterocycles. The van der Waals surface area contributed by atoms with Crippen LogP contribution in [0.4, 0.5) is 40.0 Å². The smallest absolute Gasteiger partial charge is 0.340 e. The summed E-state index contributed by atoms with van der Waals surface area (Å²) in [5.74, 6) is -0.904. The average Bonchev–Trinajstić information content (AvgIpc) is 3.32. The summed E-state index contributed by atoms with van der Waals surface area (Å²) in [5, 5.41) is 7.17. The fraction of sp³-hybridized carbons (Fsp3) is 0.136. The Labute approximate surface area is 205 Å². The van der Waals surface area contributed by atoms with E-state index in [4.69, 9.17) is 4.84 Å². The van der Waals surface area contributed by atoms with Crippen molar-refractivity contribution in [2.75, 3.05) is 29.9 Å². The van der Waals surface area contributed by atoms with E-state index in [2.05, 4.69) is 30.0 Å². The van der Waals surface area contributed by atoms with E-state index >= 15 is 0 Å². The van der Waals surface area contributed by atoms with Crippen molar-refractivity contribution in [3.05, 3.63) is 71.8 Å². The van der Waals surface area contributed by atoms with E-state index in [1.54, 1.807) is 37.4 Å². The van der Waals surface area contributed by atoms with Crippen molar-refractivity contribution >= 4 is 39.9 Å². The molecule has 36 heavy (non-hydrogen) atoms. The highest BCUT2D eigenvalue weighted by Crippen LogP contribution is 2.34. The van der Waals surface area contributed by atoms with Crippen molar-refractivity contribution < 1.29 is 27.2 Å². The fourth-order valence-electron chi connectivity index (χ4n) is 2.98. The van der Waals surface area contributed by atoms with Gasteiger partial charge >= 0.3 is 6.18 Å². The Morgan fingerprint density at radius 3 is 2.53 bits per heavy atom. The van der Waals surface area contributed by atoms with E-state index in [-0.39, 0.29) is 16.5 Å². The monoisotopic (exact) mass is 519 g/mol. The number of hydrogen-bond donors (Lipinski definition) is 2. The quantitative estimate of drug-likeness (QED) is 0.255. The zero-order chi connectivity index (χ0) is 25.9. The molecule has 2 heterocycles. The predicted molar refractivity (Wildman–Crippen MR) is 125 cm³/mol. The molecular formula is C22H17F4N7O2S. The van der Waals surface area contributed by atoms with Crippen molar-refractivity contribution in [2.45, 2.75) is 6.18 Å². The van der Waals surface area contributed by atoms with Crippen LogP contribution in [0.1, 0.15) is 15.9 Å². The minimum absolute atomic E-state index is 0.0273. The Morgan fingerprint density at radius 2 is 1.83 bits per heavy atom. The molecule has 9 nitrogen and oxygen atoms in total. The lowest BCUT2D eigenvalue weighted by Crippen LogP contribution is -2.16. The minimum Gasteiger partial charge on any atom is -0.340 e. The fourth-order valence-corrected chi connectivity index (χ4v) is 3.56. The highest BCUT2D eigenvalue weighted by atomic mass is 32.1. The Morgan fingerprint density at radius 1 is 1.08 bits per heavy atom. The first-order chi connectivity index (χ1) is 17.1. The van der Waals surface area contributed by atoms with Gasteiger partial charge in [-0.2, -0.15) is 22.5 Å². The second-order valence-corrected chi connectivity index (χ2v) is 7.97. The van der Waals surface area contributed by atoms with Gasteiger partial charge in [0.05, 0.1) is 12.7 Å². The van der Waals surface area contributed by atoms with Gasteiger partial charge in [-0.1, -0.05) is 0 Å². The van der Waals surface area contributed by atoms with Gasteiger partial charge in [-0.25, -0.2) is 19.4 Å². The van der Waals surface area contributed by atoms with Gasteiger partial charge in [-0.3, -0.25) is 14.9 Å². The number of rotatable bonds is 7. The summed E-state index contributed by atoms with van der Waals surface area (Å²) in [7, 11) is 3.20. The van der Waals surface area contributed by atoms with Gasteiger partial charge in [0.15, 0.2) is 11.6 Å². The molecule has 0 saturated carbocycles. The summed E-state index contributed by atoms with van der Waals surface area (Å²) in [5.41, 5.74) is -0.481. The van der Waals surface area contributed by atoms with Crippen LogP contribution >= 0.6 is 11.5 Å². The van der Waals surface area contributed by atoms with Crippen molar-refractivity contribution in [3.8, 4) is 11.4 Å². The van der Waals surface area contributed by atoms with Gasteiger partial charge in [0, 0.05) is 41.5 Å². The Kier molecular flexibility index (Phi) is 7.07. The second-order valence-electron chi connectivity index (χ2n) is 7.21.